The number of imidazole rings is 1. The third-order valence-electron chi connectivity index (χ3n) is 5.83. The van der Waals surface area contributed by atoms with E-state index in [2.05, 4.69) is 34.1 Å². The molecule has 1 aliphatic heterocycles. The van der Waals surface area contributed by atoms with Gasteiger partial charge in [-0.1, -0.05) is 48.0 Å². The zero-order chi connectivity index (χ0) is 20.2. The van der Waals surface area contributed by atoms with Gasteiger partial charge in [0.1, 0.15) is 5.82 Å². The molecule has 1 aromatic heterocycles. The van der Waals surface area contributed by atoms with Crippen molar-refractivity contribution in [3.05, 3.63) is 76.1 Å². The zero-order valence-corrected chi connectivity index (χ0v) is 16.8. The fourth-order valence-corrected chi connectivity index (χ4v) is 4.62. The molecule has 0 bridgehead atoms. The number of H-pyrrole nitrogens is 1. The van der Waals surface area contributed by atoms with Crippen molar-refractivity contribution in [3.8, 4) is 11.4 Å². The van der Waals surface area contributed by atoms with Crippen LogP contribution in [0, 0.1) is 0 Å². The van der Waals surface area contributed by atoms with Crippen molar-refractivity contribution >= 4 is 17.8 Å². The number of carbonyl (C=O) groups excluding carboxylic acids is 2. The number of nitrogens with one attached hydrogen (secondary N) is 1. The summed E-state index contributed by atoms with van der Waals surface area (Å²) in [5.41, 5.74) is 6.50. The molecule has 0 spiro atoms. The summed E-state index contributed by atoms with van der Waals surface area (Å²) >= 11 is 6.35. The van der Waals surface area contributed by atoms with Gasteiger partial charge in [0.2, 0.25) is 0 Å². The van der Waals surface area contributed by atoms with E-state index in [-0.39, 0.29) is 6.15 Å². The molecule has 2 aromatic carbocycles. The molecule has 1 N–H and O–H groups in total. The van der Waals surface area contributed by atoms with E-state index in [1.165, 1.54) is 35.4 Å². The van der Waals surface area contributed by atoms with Crippen LogP contribution in [0.3, 0.4) is 0 Å². The SMILES string of the molecule is Clc1ccccc1-c1nc2c([nH]1)CN(C1CCc3ccccc3C1)CC2.O=C=O. The lowest BCUT2D eigenvalue weighted by Gasteiger charge is -2.37. The predicted octanol–water partition coefficient (Wildman–Crippen LogP) is 4.06. The average molecular weight is 408 g/mol. The number of aromatic amines is 1. The minimum absolute atomic E-state index is 0.250. The summed E-state index contributed by atoms with van der Waals surface area (Å²) in [6.07, 6.45) is 4.86. The van der Waals surface area contributed by atoms with Crippen LogP contribution in [-0.2, 0) is 35.4 Å². The van der Waals surface area contributed by atoms with Crippen LogP contribution >= 0.6 is 11.6 Å². The van der Waals surface area contributed by atoms with Gasteiger partial charge in [-0.3, -0.25) is 4.90 Å². The molecule has 3 aromatic rings. The summed E-state index contributed by atoms with van der Waals surface area (Å²) in [6, 6.07) is 17.4. The Kier molecular flexibility index (Phi) is 5.91. The number of aromatic nitrogens is 2. The van der Waals surface area contributed by atoms with E-state index in [4.69, 9.17) is 26.2 Å². The summed E-state index contributed by atoms with van der Waals surface area (Å²) in [5, 5.41) is 0.749. The number of fused-ring (bicyclic) bond motifs is 2. The highest BCUT2D eigenvalue weighted by Gasteiger charge is 2.28. The lowest BCUT2D eigenvalue weighted by atomic mass is 9.87. The first-order valence-corrected chi connectivity index (χ1v) is 10.2. The van der Waals surface area contributed by atoms with Gasteiger partial charge in [-0.25, -0.2) is 4.98 Å². The number of rotatable bonds is 2. The molecule has 0 radical (unpaired) electrons. The van der Waals surface area contributed by atoms with E-state index in [0.29, 0.717) is 6.04 Å². The van der Waals surface area contributed by atoms with Crippen LogP contribution in [0.2, 0.25) is 5.02 Å². The largest absolute Gasteiger partial charge is 0.373 e. The second kappa shape index (κ2) is 8.75. The van der Waals surface area contributed by atoms with Crippen LogP contribution in [0.15, 0.2) is 48.5 Å². The normalized spacial score (nSPS) is 18.0. The minimum atomic E-state index is 0.250. The first-order chi connectivity index (χ1) is 14.2. The first kappa shape index (κ1) is 19.6. The number of benzene rings is 2. The second-order valence-electron chi connectivity index (χ2n) is 7.46. The molecule has 6 heteroatoms. The van der Waals surface area contributed by atoms with Crippen LogP contribution in [0.5, 0.6) is 0 Å². The van der Waals surface area contributed by atoms with Gasteiger partial charge in [0.15, 0.2) is 0 Å². The third-order valence-corrected chi connectivity index (χ3v) is 6.16. The summed E-state index contributed by atoms with van der Waals surface area (Å²) in [6.45, 7) is 2.05. The van der Waals surface area contributed by atoms with E-state index in [9.17, 15) is 0 Å². The van der Waals surface area contributed by atoms with E-state index in [1.54, 1.807) is 0 Å². The van der Waals surface area contributed by atoms with Crippen LogP contribution in [0.1, 0.15) is 28.9 Å². The van der Waals surface area contributed by atoms with Crippen molar-refractivity contribution in [3.63, 3.8) is 0 Å². The molecule has 1 atom stereocenters. The van der Waals surface area contributed by atoms with E-state index >= 15 is 0 Å². The summed E-state index contributed by atoms with van der Waals surface area (Å²) in [7, 11) is 0. The summed E-state index contributed by atoms with van der Waals surface area (Å²) < 4.78 is 0. The van der Waals surface area contributed by atoms with Crippen LogP contribution in [0.25, 0.3) is 11.4 Å². The standard InChI is InChI=1S/C22H22ClN3.CO2/c23-19-8-4-3-7-18(19)22-24-20-11-12-26(14-21(20)25-22)17-10-9-15-5-1-2-6-16(15)13-17;2-1-3/h1-8,17H,9-14H2,(H,24,25);. The lowest BCUT2D eigenvalue weighted by Crippen LogP contribution is -2.42. The van der Waals surface area contributed by atoms with E-state index in [0.717, 1.165) is 42.3 Å². The van der Waals surface area contributed by atoms with Gasteiger partial charge in [0, 0.05) is 31.1 Å². The van der Waals surface area contributed by atoms with Gasteiger partial charge < -0.3 is 4.98 Å². The van der Waals surface area contributed by atoms with Crippen molar-refractivity contribution in [1.29, 1.82) is 0 Å². The Morgan fingerprint density at radius 2 is 1.76 bits per heavy atom. The van der Waals surface area contributed by atoms with Crippen LogP contribution in [-0.4, -0.2) is 33.6 Å². The number of aryl methyl sites for hydroxylation is 1. The Morgan fingerprint density at radius 1 is 1.03 bits per heavy atom. The predicted molar refractivity (Wildman–Crippen MR) is 110 cm³/mol. The van der Waals surface area contributed by atoms with Crippen molar-refractivity contribution in [2.24, 2.45) is 0 Å². The molecule has 0 saturated carbocycles. The van der Waals surface area contributed by atoms with Crippen molar-refractivity contribution in [2.75, 3.05) is 6.54 Å². The Bertz CT molecular complexity index is 1040. The maximum absolute atomic E-state index is 8.12. The smallest absolute Gasteiger partial charge is 0.340 e. The van der Waals surface area contributed by atoms with Crippen molar-refractivity contribution < 1.29 is 9.59 Å². The zero-order valence-electron chi connectivity index (χ0n) is 16.0. The first-order valence-electron chi connectivity index (χ1n) is 9.82. The highest BCUT2D eigenvalue weighted by Crippen LogP contribution is 2.31. The fraction of sp³-hybridized carbons (Fsp3) is 0.304. The maximum Gasteiger partial charge on any atom is 0.373 e. The van der Waals surface area contributed by atoms with Gasteiger partial charge in [0.25, 0.3) is 0 Å². The molecule has 2 aliphatic rings. The molecule has 0 saturated heterocycles. The third kappa shape index (κ3) is 4.18. The highest BCUT2D eigenvalue weighted by molar-refractivity contribution is 6.33. The molecule has 1 aliphatic carbocycles. The van der Waals surface area contributed by atoms with Gasteiger partial charge in [-0.15, -0.1) is 0 Å². The second-order valence-corrected chi connectivity index (χ2v) is 7.87. The van der Waals surface area contributed by atoms with Gasteiger partial charge >= 0.3 is 6.15 Å². The molecule has 29 heavy (non-hydrogen) atoms. The number of halogens is 1. The highest BCUT2D eigenvalue weighted by atomic mass is 35.5. The molecule has 0 fully saturated rings. The van der Waals surface area contributed by atoms with E-state index in [1.807, 2.05) is 24.3 Å². The molecule has 5 nitrogen and oxygen atoms in total. The van der Waals surface area contributed by atoms with Crippen LogP contribution in [0.4, 0.5) is 0 Å². The summed E-state index contributed by atoms with van der Waals surface area (Å²) in [5.74, 6) is 0.899. The number of hydrogen-bond donors (Lipinski definition) is 1. The maximum atomic E-state index is 8.12. The van der Waals surface area contributed by atoms with Crippen LogP contribution < -0.4 is 0 Å². The minimum Gasteiger partial charge on any atom is -0.340 e. The molecule has 2 heterocycles. The van der Waals surface area contributed by atoms with Crippen molar-refractivity contribution in [2.45, 2.75) is 38.3 Å². The Balaban J connectivity index is 0.000000645. The van der Waals surface area contributed by atoms with Gasteiger partial charge in [-0.05, 0) is 42.5 Å². The molecular formula is C23H22ClN3O2. The number of hydrogen-bond acceptors (Lipinski definition) is 4. The molecule has 0 amide bonds. The molecule has 1 unspecified atom stereocenters. The quantitative estimate of drug-likeness (QED) is 0.695. The Labute approximate surface area is 174 Å². The molecular weight excluding hydrogens is 386 g/mol. The van der Waals surface area contributed by atoms with E-state index < -0.39 is 0 Å². The summed E-state index contributed by atoms with van der Waals surface area (Å²) in [4.78, 5) is 27.3. The van der Waals surface area contributed by atoms with Gasteiger partial charge in [0.05, 0.1) is 16.4 Å². The lowest BCUT2D eigenvalue weighted by molar-refractivity contribution is -0.191. The topological polar surface area (TPSA) is 66.1 Å². The average Bonchev–Trinajstić information content (AvgIpc) is 3.17. The van der Waals surface area contributed by atoms with Gasteiger partial charge in [-0.2, -0.15) is 9.59 Å². The fourth-order valence-electron chi connectivity index (χ4n) is 4.40. The molecule has 148 valence electrons. The molecule has 5 rings (SSSR count). The Morgan fingerprint density at radius 3 is 2.55 bits per heavy atom. The number of nitrogens with zero attached hydrogens (tertiary/aromatic N) is 2. The monoisotopic (exact) mass is 407 g/mol. The van der Waals surface area contributed by atoms with Crippen molar-refractivity contribution in [1.82, 2.24) is 14.9 Å². The Hall–Kier alpha value is -2.72.